The number of rotatable bonds is 6. The summed E-state index contributed by atoms with van der Waals surface area (Å²) in [6.45, 7) is 5.79. The van der Waals surface area contributed by atoms with Crippen LogP contribution in [0.15, 0.2) is 0 Å². The van der Waals surface area contributed by atoms with E-state index in [-0.39, 0.29) is 23.5 Å². The maximum Gasteiger partial charge on any atom is 0.223 e. The number of morpholine rings is 1. The summed E-state index contributed by atoms with van der Waals surface area (Å²) in [4.78, 5) is 17.0. The average molecular weight is 403 g/mol. The van der Waals surface area contributed by atoms with Crippen LogP contribution in [-0.4, -0.2) is 95.3 Å². The van der Waals surface area contributed by atoms with Crippen LogP contribution in [0.4, 0.5) is 0 Å². The monoisotopic (exact) mass is 402 g/mol. The van der Waals surface area contributed by atoms with E-state index in [4.69, 9.17) is 9.47 Å². The number of carbonyl (C=O) groups excluding carboxylic acids is 1. The number of ether oxygens (including phenoxy) is 2. The fourth-order valence-corrected chi connectivity index (χ4v) is 5.74. The van der Waals surface area contributed by atoms with Crippen LogP contribution in [0.5, 0.6) is 0 Å². The molecule has 2 unspecified atom stereocenters. The van der Waals surface area contributed by atoms with Crippen molar-refractivity contribution in [3.63, 3.8) is 0 Å². The molecule has 3 fully saturated rings. The predicted octanol–water partition coefficient (Wildman–Crippen LogP) is 0.787. The van der Waals surface area contributed by atoms with Crippen molar-refractivity contribution in [2.45, 2.75) is 38.1 Å². The number of nitrogens with zero attached hydrogens (tertiary/aromatic N) is 2. The third-order valence-electron chi connectivity index (χ3n) is 6.68. The summed E-state index contributed by atoms with van der Waals surface area (Å²) in [5, 5.41) is 0. The van der Waals surface area contributed by atoms with Gasteiger partial charge in [0.1, 0.15) is 9.84 Å². The predicted molar refractivity (Wildman–Crippen MR) is 103 cm³/mol. The first kappa shape index (κ1) is 21.0. The van der Waals surface area contributed by atoms with Crippen LogP contribution in [0.3, 0.4) is 0 Å². The molecule has 0 aromatic heterocycles. The van der Waals surface area contributed by atoms with Crippen molar-refractivity contribution in [2.75, 3.05) is 65.1 Å². The molecule has 0 radical (unpaired) electrons. The Morgan fingerprint density at radius 1 is 1.22 bits per heavy atom. The number of sulfone groups is 1. The molecule has 2 aliphatic heterocycles. The SMILES string of the molecule is COC[C@@]12CCC(N3CCOCC3)CC1CCN(C(=O)CCS(C)(=O)=O)C2. The molecule has 3 atom stereocenters. The number of hydrogen-bond acceptors (Lipinski definition) is 6. The quantitative estimate of drug-likeness (QED) is 0.654. The van der Waals surface area contributed by atoms with Crippen LogP contribution < -0.4 is 0 Å². The van der Waals surface area contributed by atoms with Gasteiger partial charge in [-0.25, -0.2) is 8.42 Å². The number of piperidine rings is 1. The first-order chi connectivity index (χ1) is 12.8. The zero-order valence-corrected chi connectivity index (χ0v) is 17.5. The highest BCUT2D eigenvalue weighted by molar-refractivity contribution is 7.90. The fourth-order valence-electron chi connectivity index (χ4n) is 5.20. The molecule has 8 heteroatoms. The molecule has 156 valence electrons. The molecule has 27 heavy (non-hydrogen) atoms. The summed E-state index contributed by atoms with van der Waals surface area (Å²) in [6.07, 6.45) is 5.60. The first-order valence-electron chi connectivity index (χ1n) is 10.1. The minimum atomic E-state index is -3.11. The zero-order chi connectivity index (χ0) is 19.5. The van der Waals surface area contributed by atoms with Crippen molar-refractivity contribution in [1.82, 2.24) is 9.80 Å². The Bertz CT molecular complexity index is 620. The fraction of sp³-hybridized carbons (Fsp3) is 0.947. The lowest BCUT2D eigenvalue weighted by atomic mass is 9.61. The molecule has 7 nitrogen and oxygen atoms in total. The molecule has 1 aliphatic carbocycles. The number of amides is 1. The Kier molecular flexibility index (Phi) is 6.82. The van der Waals surface area contributed by atoms with Crippen molar-refractivity contribution in [2.24, 2.45) is 11.3 Å². The Hall–Kier alpha value is -0.700. The molecule has 1 saturated carbocycles. The highest BCUT2D eigenvalue weighted by Gasteiger charge is 2.48. The van der Waals surface area contributed by atoms with Gasteiger partial charge < -0.3 is 14.4 Å². The maximum atomic E-state index is 12.6. The van der Waals surface area contributed by atoms with Gasteiger partial charge >= 0.3 is 0 Å². The van der Waals surface area contributed by atoms with Gasteiger partial charge in [-0.3, -0.25) is 9.69 Å². The van der Waals surface area contributed by atoms with E-state index in [1.165, 1.54) is 6.26 Å². The topological polar surface area (TPSA) is 76.2 Å². The zero-order valence-electron chi connectivity index (χ0n) is 16.7. The number of methoxy groups -OCH3 is 1. The van der Waals surface area contributed by atoms with Crippen molar-refractivity contribution < 1.29 is 22.7 Å². The third-order valence-corrected chi connectivity index (χ3v) is 7.63. The van der Waals surface area contributed by atoms with Gasteiger partial charge in [-0.05, 0) is 31.6 Å². The van der Waals surface area contributed by atoms with Gasteiger partial charge in [0.2, 0.25) is 5.91 Å². The molecular formula is C19H34N2O5S. The molecule has 1 amide bonds. The molecule has 3 aliphatic rings. The van der Waals surface area contributed by atoms with E-state index in [9.17, 15) is 13.2 Å². The van der Waals surface area contributed by atoms with Crippen LogP contribution in [0.2, 0.25) is 0 Å². The first-order valence-corrected chi connectivity index (χ1v) is 12.2. The van der Waals surface area contributed by atoms with Gasteiger partial charge in [0, 0.05) is 57.4 Å². The normalized spacial score (nSPS) is 32.9. The average Bonchev–Trinajstić information content (AvgIpc) is 2.65. The van der Waals surface area contributed by atoms with Gasteiger partial charge in [-0.1, -0.05) is 0 Å². The van der Waals surface area contributed by atoms with E-state index in [1.54, 1.807) is 7.11 Å². The highest BCUT2D eigenvalue weighted by atomic mass is 32.2. The van der Waals surface area contributed by atoms with Crippen molar-refractivity contribution >= 4 is 15.7 Å². The number of hydrogen-bond donors (Lipinski definition) is 0. The van der Waals surface area contributed by atoms with Crippen LogP contribution in [-0.2, 0) is 24.1 Å². The van der Waals surface area contributed by atoms with Crippen LogP contribution in [0.1, 0.15) is 32.1 Å². The van der Waals surface area contributed by atoms with Gasteiger partial charge in [-0.15, -0.1) is 0 Å². The molecule has 0 aromatic carbocycles. The molecule has 0 bridgehead atoms. The molecular weight excluding hydrogens is 368 g/mol. The molecule has 0 N–H and O–H groups in total. The summed E-state index contributed by atoms with van der Waals surface area (Å²) in [6, 6.07) is 0.608. The second-order valence-electron chi connectivity index (χ2n) is 8.55. The third kappa shape index (κ3) is 5.22. The summed E-state index contributed by atoms with van der Waals surface area (Å²) in [7, 11) is -1.37. The minimum Gasteiger partial charge on any atom is -0.384 e. The standard InChI is InChI=1S/C19H34N2O5S/c1-25-15-19-6-3-17(20-8-10-26-11-9-20)13-16(19)4-7-21(14-19)18(22)5-12-27(2,23)24/h16-17H,3-15H2,1-2H3/t16?,17?,19-/m0/s1. The van der Waals surface area contributed by atoms with E-state index in [0.717, 1.165) is 58.5 Å². The Labute approximate surface area is 163 Å². The van der Waals surface area contributed by atoms with E-state index in [1.807, 2.05) is 4.90 Å². The Morgan fingerprint density at radius 2 is 1.96 bits per heavy atom. The summed E-state index contributed by atoms with van der Waals surface area (Å²) in [5.41, 5.74) is 0.0105. The van der Waals surface area contributed by atoms with Crippen molar-refractivity contribution in [3.05, 3.63) is 0 Å². The lowest BCUT2D eigenvalue weighted by Crippen LogP contribution is -2.58. The second kappa shape index (κ2) is 8.76. The lowest BCUT2D eigenvalue weighted by molar-refractivity contribution is -0.142. The van der Waals surface area contributed by atoms with E-state index in [0.29, 0.717) is 25.1 Å². The van der Waals surface area contributed by atoms with Crippen LogP contribution in [0, 0.1) is 11.3 Å². The van der Waals surface area contributed by atoms with Gasteiger partial charge in [0.15, 0.2) is 0 Å². The van der Waals surface area contributed by atoms with E-state index < -0.39 is 9.84 Å². The number of carbonyl (C=O) groups is 1. The molecule has 0 spiro atoms. The van der Waals surface area contributed by atoms with Crippen LogP contribution in [0.25, 0.3) is 0 Å². The largest absolute Gasteiger partial charge is 0.384 e. The maximum absolute atomic E-state index is 12.6. The number of fused-ring (bicyclic) bond motifs is 1. The van der Waals surface area contributed by atoms with Crippen molar-refractivity contribution in [1.29, 1.82) is 0 Å². The van der Waals surface area contributed by atoms with Crippen molar-refractivity contribution in [3.8, 4) is 0 Å². The van der Waals surface area contributed by atoms with Gasteiger partial charge in [-0.2, -0.15) is 0 Å². The Morgan fingerprint density at radius 3 is 2.63 bits per heavy atom. The highest BCUT2D eigenvalue weighted by Crippen LogP contribution is 2.47. The minimum absolute atomic E-state index is 0.0105. The second-order valence-corrected chi connectivity index (χ2v) is 10.8. The van der Waals surface area contributed by atoms with Gasteiger partial charge in [0.05, 0.1) is 25.6 Å². The van der Waals surface area contributed by atoms with E-state index in [2.05, 4.69) is 4.90 Å². The summed E-state index contributed by atoms with van der Waals surface area (Å²) >= 11 is 0. The lowest BCUT2D eigenvalue weighted by Gasteiger charge is -2.54. The van der Waals surface area contributed by atoms with Gasteiger partial charge in [0.25, 0.3) is 0 Å². The molecule has 3 rings (SSSR count). The Balaban J connectivity index is 1.63. The van der Waals surface area contributed by atoms with Crippen LogP contribution >= 0.6 is 0 Å². The summed E-state index contributed by atoms with van der Waals surface area (Å²) in [5.74, 6) is 0.449. The molecule has 2 heterocycles. The smallest absolute Gasteiger partial charge is 0.223 e. The molecule has 2 saturated heterocycles. The molecule has 0 aromatic rings. The number of likely N-dealkylation sites (tertiary alicyclic amines) is 1. The van der Waals surface area contributed by atoms with E-state index >= 15 is 0 Å². The summed E-state index contributed by atoms with van der Waals surface area (Å²) < 4.78 is 33.9.